The van der Waals surface area contributed by atoms with Crippen molar-refractivity contribution < 1.29 is 17.5 Å². The third-order valence-electron chi connectivity index (χ3n) is 3.74. The van der Waals surface area contributed by atoms with Crippen LogP contribution in [0.4, 0.5) is 0 Å². The Morgan fingerprint density at radius 1 is 1.27 bits per heavy atom. The molecule has 1 rings (SSSR count). The number of rotatable bonds is 10. The summed E-state index contributed by atoms with van der Waals surface area (Å²) >= 11 is 0. The molecule has 0 saturated carbocycles. The average molecular weight is 443 g/mol. The second-order valence-corrected chi connectivity index (χ2v) is 14.2. The van der Waals surface area contributed by atoms with Crippen LogP contribution in [0.5, 0.6) is 0 Å². The van der Waals surface area contributed by atoms with Crippen LogP contribution in [0, 0.1) is 11.3 Å². The molecule has 1 unspecified atom stereocenters. The quantitative estimate of drug-likeness (QED) is 0.282. The highest BCUT2D eigenvalue weighted by molar-refractivity contribution is 8.78. The summed E-state index contributed by atoms with van der Waals surface area (Å²) in [7, 11) is -1.25. The first kappa shape index (κ1) is 24.5. The topological polar surface area (TPSA) is 79.6 Å². The Labute approximate surface area is 168 Å². The van der Waals surface area contributed by atoms with Gasteiger partial charge in [-0.25, -0.2) is 13.1 Å². The van der Waals surface area contributed by atoms with Crippen molar-refractivity contribution in [2.24, 2.45) is 0 Å². The maximum atomic E-state index is 11.8. The summed E-state index contributed by atoms with van der Waals surface area (Å²) in [5.74, 6) is 0.0868. The lowest BCUT2D eigenvalue weighted by atomic mass is 10.0. The van der Waals surface area contributed by atoms with Crippen molar-refractivity contribution in [2.75, 3.05) is 18.6 Å². The Bertz CT molecular complexity index is 585. The molecule has 10 heteroatoms. The summed E-state index contributed by atoms with van der Waals surface area (Å²) in [5, 5.41) is 8.68. The second kappa shape index (κ2) is 10.3. The molecule has 152 valence electrons. The summed E-state index contributed by atoms with van der Waals surface area (Å²) in [4.78, 5) is 0. The van der Waals surface area contributed by atoms with E-state index in [0.717, 1.165) is 0 Å². The van der Waals surface area contributed by atoms with Crippen LogP contribution in [0.25, 0.3) is 0 Å². The highest BCUT2D eigenvalue weighted by Gasteiger charge is 2.48. The molecule has 1 fully saturated rings. The number of nitrogens with zero attached hydrogens (tertiary/aromatic N) is 2. The van der Waals surface area contributed by atoms with Crippen molar-refractivity contribution in [3.8, 4) is 6.07 Å². The molecule has 1 heterocycles. The Morgan fingerprint density at radius 2 is 1.85 bits per heavy atom. The van der Waals surface area contributed by atoms with Gasteiger partial charge in [0, 0.05) is 23.1 Å². The number of nitriles is 1. The van der Waals surface area contributed by atoms with Gasteiger partial charge in [-0.3, -0.25) is 0 Å². The Hall–Kier alpha value is 0.450. The van der Waals surface area contributed by atoms with Gasteiger partial charge >= 0.3 is 0 Å². The molecular weight excluding hydrogens is 411 g/mol. The van der Waals surface area contributed by atoms with E-state index in [-0.39, 0.29) is 33.9 Å². The third-order valence-corrected chi connectivity index (χ3v) is 10.8. The Balaban J connectivity index is 3.05. The molecule has 6 nitrogen and oxygen atoms in total. The van der Waals surface area contributed by atoms with Crippen LogP contribution in [0.15, 0.2) is 0 Å². The molecule has 3 atom stereocenters. The molecule has 0 N–H and O–H groups in total. The van der Waals surface area contributed by atoms with E-state index in [4.69, 9.17) is 14.3 Å². The van der Waals surface area contributed by atoms with Gasteiger partial charge in [0.05, 0.1) is 36.2 Å². The molecule has 0 bridgehead atoms. The van der Waals surface area contributed by atoms with E-state index in [1.165, 1.54) is 6.26 Å². The van der Waals surface area contributed by atoms with E-state index in [1.54, 1.807) is 21.6 Å². The van der Waals surface area contributed by atoms with E-state index in [9.17, 15) is 8.42 Å². The van der Waals surface area contributed by atoms with Crippen molar-refractivity contribution in [2.45, 2.75) is 76.1 Å². The van der Waals surface area contributed by atoms with Gasteiger partial charge < -0.3 is 9.05 Å². The van der Waals surface area contributed by atoms with E-state index < -0.39 is 18.4 Å². The van der Waals surface area contributed by atoms with Crippen molar-refractivity contribution in [3.63, 3.8) is 0 Å². The van der Waals surface area contributed by atoms with Crippen LogP contribution < -0.4 is 0 Å². The van der Waals surface area contributed by atoms with Crippen molar-refractivity contribution in [1.29, 1.82) is 5.26 Å². The molecule has 0 radical (unpaired) electrons. The minimum Gasteiger partial charge on any atom is -0.321 e. The third kappa shape index (κ3) is 7.46. The van der Waals surface area contributed by atoms with Gasteiger partial charge in [0.15, 0.2) is 0 Å². The molecule has 26 heavy (non-hydrogen) atoms. The highest BCUT2D eigenvalue weighted by Crippen LogP contribution is 2.58. The Morgan fingerprint density at radius 3 is 2.31 bits per heavy atom. The maximum absolute atomic E-state index is 11.8. The lowest BCUT2D eigenvalue weighted by Crippen LogP contribution is -2.42. The zero-order chi connectivity index (χ0) is 20.1. The molecule has 0 aliphatic carbocycles. The van der Waals surface area contributed by atoms with Gasteiger partial charge in [-0.05, 0) is 41.5 Å². The summed E-state index contributed by atoms with van der Waals surface area (Å²) < 4.78 is 38.1. The maximum Gasteiger partial charge on any atom is 0.259 e. The monoisotopic (exact) mass is 442 g/mol. The van der Waals surface area contributed by atoms with Gasteiger partial charge in [-0.1, -0.05) is 21.6 Å². The number of hydrogen-bond donors (Lipinski definition) is 0. The summed E-state index contributed by atoms with van der Waals surface area (Å²) in [5.41, 5.74) is 0. The van der Waals surface area contributed by atoms with E-state index >= 15 is 0 Å². The highest BCUT2D eigenvalue weighted by atomic mass is 33.1. The average Bonchev–Trinajstić information content (AvgIpc) is 2.72. The molecule has 0 aromatic rings. The van der Waals surface area contributed by atoms with E-state index in [0.29, 0.717) is 13.0 Å². The molecule has 1 saturated heterocycles. The Kier molecular flexibility index (Phi) is 9.69. The fourth-order valence-corrected chi connectivity index (χ4v) is 9.99. The zero-order valence-electron chi connectivity index (χ0n) is 16.6. The van der Waals surface area contributed by atoms with Crippen LogP contribution >= 0.6 is 30.1 Å². The van der Waals surface area contributed by atoms with Crippen LogP contribution in [-0.2, 0) is 18.9 Å². The van der Waals surface area contributed by atoms with Gasteiger partial charge in [0.1, 0.15) is 9.84 Å². The van der Waals surface area contributed by atoms with Gasteiger partial charge in [0.2, 0.25) is 0 Å². The number of hydrogen-bond acceptors (Lipinski definition) is 8. The fraction of sp³-hybridized carbons (Fsp3) is 0.938. The molecule has 0 spiro atoms. The zero-order valence-corrected chi connectivity index (χ0v) is 20.0. The first-order chi connectivity index (χ1) is 11.9. The molecule has 0 amide bonds. The lowest BCUT2D eigenvalue weighted by molar-refractivity contribution is 0.117. The van der Waals surface area contributed by atoms with Crippen LogP contribution in [0.2, 0.25) is 0 Å². The van der Waals surface area contributed by atoms with Crippen molar-refractivity contribution in [1.82, 2.24) is 4.67 Å². The van der Waals surface area contributed by atoms with E-state index in [2.05, 4.69) is 52.3 Å². The molecule has 1 aliphatic rings. The largest absolute Gasteiger partial charge is 0.321 e. The van der Waals surface area contributed by atoms with Crippen molar-refractivity contribution in [3.05, 3.63) is 0 Å². The smallest absolute Gasteiger partial charge is 0.259 e. The minimum absolute atomic E-state index is 0.0868. The fourth-order valence-electron chi connectivity index (χ4n) is 2.73. The van der Waals surface area contributed by atoms with Gasteiger partial charge in [-0.2, -0.15) is 5.26 Å². The summed E-state index contributed by atoms with van der Waals surface area (Å²) in [6, 6.07) is 2.51. The summed E-state index contributed by atoms with van der Waals surface area (Å²) in [6.07, 6.45) is 1.32. The van der Waals surface area contributed by atoms with Crippen LogP contribution in [-0.4, -0.2) is 59.9 Å². The SMILES string of the molecule is CC(C)N(C(C)C)P(OCCC#N)O[C@@H]1[C@H](CS(C)(=O)=O)SSC1(C)C. The molecule has 0 aromatic heterocycles. The second-order valence-electron chi connectivity index (χ2n) is 7.49. The normalized spacial score (nSPS) is 24.3. The predicted octanol–water partition coefficient (Wildman–Crippen LogP) is 4.23. The minimum atomic E-state index is -3.10. The van der Waals surface area contributed by atoms with Gasteiger partial charge in [0.25, 0.3) is 8.53 Å². The van der Waals surface area contributed by atoms with Gasteiger partial charge in [-0.15, -0.1) is 0 Å². The molecule has 0 aromatic carbocycles. The molecule has 1 aliphatic heterocycles. The molecular formula is C16H31N2O4PS3. The number of sulfone groups is 1. The first-order valence-electron chi connectivity index (χ1n) is 8.66. The predicted molar refractivity (Wildman–Crippen MR) is 113 cm³/mol. The van der Waals surface area contributed by atoms with Crippen LogP contribution in [0.3, 0.4) is 0 Å². The van der Waals surface area contributed by atoms with Crippen molar-refractivity contribution >= 4 is 40.0 Å². The van der Waals surface area contributed by atoms with E-state index in [1.807, 2.05) is 0 Å². The summed E-state index contributed by atoms with van der Waals surface area (Å²) in [6.45, 7) is 12.8. The standard InChI is InChI=1S/C16H31N2O4PS3/c1-12(2)18(13(3)4)23(21-10-8-9-17)22-15-14(11-26(7,19)20)24-25-16(15,5)6/h12-15H,8,10-11H2,1-7H3/t14-,15+,23?/m0/s1. The van der Waals surface area contributed by atoms with Crippen LogP contribution in [0.1, 0.15) is 48.0 Å². The lowest BCUT2D eigenvalue weighted by Gasteiger charge is -2.39. The first-order valence-corrected chi connectivity index (χ1v) is 14.1.